The zero-order valence-electron chi connectivity index (χ0n) is 5.65. The molecule has 0 atom stereocenters. The molecule has 0 aromatic carbocycles. The molecule has 0 aliphatic heterocycles. The summed E-state index contributed by atoms with van der Waals surface area (Å²) in [7, 11) is 0. The Morgan fingerprint density at radius 1 is 1.67 bits per heavy atom. The van der Waals surface area contributed by atoms with Gasteiger partial charge in [-0.15, -0.1) is 0 Å². The van der Waals surface area contributed by atoms with Gasteiger partial charge in [0.15, 0.2) is 0 Å². The van der Waals surface area contributed by atoms with Gasteiger partial charge in [-0.25, -0.2) is 0 Å². The van der Waals surface area contributed by atoms with E-state index in [1.165, 1.54) is 6.20 Å². The minimum atomic E-state index is 0.759. The monoisotopic (exact) mass is 124 g/mol. The summed E-state index contributed by atoms with van der Waals surface area (Å²) in [6.45, 7) is 9.01. The van der Waals surface area contributed by atoms with Crippen molar-refractivity contribution in [3.63, 3.8) is 0 Å². The van der Waals surface area contributed by atoms with Crippen LogP contribution >= 0.6 is 0 Å². The van der Waals surface area contributed by atoms with Gasteiger partial charge in [0.1, 0.15) is 0 Å². The summed E-state index contributed by atoms with van der Waals surface area (Å²) in [4.78, 5) is 0. The molecule has 2 heteroatoms. The molecule has 9 heavy (non-hydrogen) atoms. The summed E-state index contributed by atoms with van der Waals surface area (Å²) in [5, 5.41) is 2.90. The second-order valence-corrected chi connectivity index (χ2v) is 1.70. The van der Waals surface area contributed by atoms with Crippen LogP contribution in [0.15, 0.2) is 36.8 Å². The maximum Gasteiger partial charge on any atom is 0.0303 e. The Kier molecular flexibility index (Phi) is 3.28. The van der Waals surface area contributed by atoms with Crippen molar-refractivity contribution in [3.05, 3.63) is 36.8 Å². The Morgan fingerprint density at radius 3 is 2.56 bits per heavy atom. The summed E-state index contributed by atoms with van der Waals surface area (Å²) in [5.41, 5.74) is 6.81. The lowest BCUT2D eigenvalue weighted by Gasteiger charge is -2.02. The van der Waals surface area contributed by atoms with Crippen molar-refractivity contribution < 1.29 is 0 Å². The summed E-state index contributed by atoms with van der Waals surface area (Å²) in [6, 6.07) is 0. The van der Waals surface area contributed by atoms with Crippen LogP contribution in [0.5, 0.6) is 0 Å². The fraction of sp³-hybridized carbons (Fsp3) is 0.143. The van der Waals surface area contributed by atoms with Gasteiger partial charge in [-0.1, -0.05) is 13.2 Å². The van der Waals surface area contributed by atoms with E-state index in [1.54, 1.807) is 6.08 Å². The van der Waals surface area contributed by atoms with Gasteiger partial charge < -0.3 is 11.1 Å². The van der Waals surface area contributed by atoms with E-state index in [9.17, 15) is 0 Å². The number of nitrogens with two attached hydrogens (primary N) is 1. The van der Waals surface area contributed by atoms with Crippen LogP contribution in [-0.2, 0) is 0 Å². The first-order chi connectivity index (χ1) is 4.20. The molecule has 0 unspecified atom stereocenters. The van der Waals surface area contributed by atoms with Gasteiger partial charge in [-0.3, -0.25) is 0 Å². The number of hydrogen-bond acceptors (Lipinski definition) is 2. The van der Waals surface area contributed by atoms with E-state index in [0.717, 1.165) is 11.4 Å². The second-order valence-electron chi connectivity index (χ2n) is 1.70. The summed E-state index contributed by atoms with van der Waals surface area (Å²) >= 11 is 0. The van der Waals surface area contributed by atoms with Crippen LogP contribution in [0.2, 0.25) is 0 Å². The van der Waals surface area contributed by atoms with E-state index < -0.39 is 0 Å². The topological polar surface area (TPSA) is 38.0 Å². The molecule has 0 aliphatic rings. The maximum atomic E-state index is 5.18. The van der Waals surface area contributed by atoms with Gasteiger partial charge in [0, 0.05) is 17.6 Å². The van der Waals surface area contributed by atoms with Crippen LogP contribution in [0, 0.1) is 0 Å². The first-order valence-electron chi connectivity index (χ1n) is 2.67. The quantitative estimate of drug-likeness (QED) is 0.553. The van der Waals surface area contributed by atoms with Crippen molar-refractivity contribution in [3.8, 4) is 0 Å². The summed E-state index contributed by atoms with van der Waals surface area (Å²) in [5.74, 6) is 0. The van der Waals surface area contributed by atoms with E-state index in [0.29, 0.717) is 0 Å². The van der Waals surface area contributed by atoms with Crippen LogP contribution < -0.4 is 11.1 Å². The predicted molar refractivity (Wildman–Crippen MR) is 40.4 cm³/mol. The SMILES string of the molecule is C=CC(=C)N/C(C)=C\N. The van der Waals surface area contributed by atoms with E-state index in [2.05, 4.69) is 18.5 Å². The highest BCUT2D eigenvalue weighted by molar-refractivity contribution is 5.14. The Morgan fingerprint density at radius 2 is 2.22 bits per heavy atom. The largest absolute Gasteiger partial charge is 0.403 e. The van der Waals surface area contributed by atoms with Gasteiger partial charge in [0.05, 0.1) is 0 Å². The zero-order chi connectivity index (χ0) is 7.28. The highest BCUT2D eigenvalue weighted by atomic mass is 14.9. The average molecular weight is 124 g/mol. The Bertz CT molecular complexity index is 145. The van der Waals surface area contributed by atoms with Gasteiger partial charge in [-0.05, 0) is 13.0 Å². The number of hydrogen-bond donors (Lipinski definition) is 2. The van der Waals surface area contributed by atoms with Crippen LogP contribution in [0.25, 0.3) is 0 Å². The molecule has 0 saturated heterocycles. The molecule has 0 heterocycles. The van der Waals surface area contributed by atoms with E-state index in [1.807, 2.05) is 6.92 Å². The third-order valence-corrected chi connectivity index (χ3v) is 0.854. The smallest absolute Gasteiger partial charge is 0.0303 e. The normalized spacial score (nSPS) is 10.6. The molecule has 0 saturated carbocycles. The fourth-order valence-corrected chi connectivity index (χ4v) is 0.346. The average Bonchev–Trinajstić information content (AvgIpc) is 1.87. The van der Waals surface area contributed by atoms with Crippen LogP contribution in [0.1, 0.15) is 6.92 Å². The minimum absolute atomic E-state index is 0.759. The van der Waals surface area contributed by atoms with Gasteiger partial charge in [0.25, 0.3) is 0 Å². The predicted octanol–water partition coefficient (Wildman–Crippen LogP) is 1.10. The number of allylic oxidation sites excluding steroid dienone is 2. The molecule has 50 valence electrons. The fourth-order valence-electron chi connectivity index (χ4n) is 0.346. The molecule has 0 aromatic rings. The first kappa shape index (κ1) is 7.82. The molecule has 3 N–H and O–H groups in total. The van der Waals surface area contributed by atoms with E-state index in [4.69, 9.17) is 5.73 Å². The summed E-state index contributed by atoms with van der Waals surface area (Å²) in [6.07, 6.45) is 3.11. The molecule has 2 nitrogen and oxygen atoms in total. The summed E-state index contributed by atoms with van der Waals surface area (Å²) < 4.78 is 0. The Labute approximate surface area is 55.7 Å². The molecule has 0 aromatic heterocycles. The Hall–Kier alpha value is -1.18. The molecular formula is C7H12N2. The van der Waals surface area contributed by atoms with Crippen molar-refractivity contribution in [1.29, 1.82) is 0 Å². The van der Waals surface area contributed by atoms with Crippen molar-refractivity contribution in [2.45, 2.75) is 6.92 Å². The van der Waals surface area contributed by atoms with Gasteiger partial charge >= 0.3 is 0 Å². The molecular weight excluding hydrogens is 112 g/mol. The molecule has 0 amide bonds. The van der Waals surface area contributed by atoms with E-state index in [-0.39, 0.29) is 0 Å². The first-order valence-corrected chi connectivity index (χ1v) is 2.67. The standard InChI is InChI=1S/C7H12N2/c1-4-6(2)9-7(3)5-8/h4-5,9H,1-2,8H2,3H3/b7-5-. The Balaban J connectivity index is 3.74. The molecule has 0 bridgehead atoms. The lowest BCUT2D eigenvalue weighted by molar-refractivity contribution is 1.00. The molecule has 0 aliphatic carbocycles. The lowest BCUT2D eigenvalue weighted by atomic mass is 10.4. The third-order valence-electron chi connectivity index (χ3n) is 0.854. The van der Waals surface area contributed by atoms with Crippen LogP contribution in [-0.4, -0.2) is 0 Å². The van der Waals surface area contributed by atoms with Crippen molar-refractivity contribution in [2.24, 2.45) is 5.73 Å². The zero-order valence-corrected chi connectivity index (χ0v) is 5.65. The molecule has 0 fully saturated rings. The molecule has 0 radical (unpaired) electrons. The second kappa shape index (κ2) is 3.78. The van der Waals surface area contributed by atoms with Crippen molar-refractivity contribution in [2.75, 3.05) is 0 Å². The van der Waals surface area contributed by atoms with Gasteiger partial charge in [0.2, 0.25) is 0 Å². The third kappa shape index (κ3) is 3.41. The number of rotatable bonds is 3. The van der Waals surface area contributed by atoms with Crippen molar-refractivity contribution >= 4 is 0 Å². The minimum Gasteiger partial charge on any atom is -0.403 e. The molecule has 0 spiro atoms. The van der Waals surface area contributed by atoms with Gasteiger partial charge in [-0.2, -0.15) is 0 Å². The highest BCUT2D eigenvalue weighted by Gasteiger charge is 1.84. The van der Waals surface area contributed by atoms with Crippen LogP contribution in [0.4, 0.5) is 0 Å². The van der Waals surface area contributed by atoms with Crippen molar-refractivity contribution in [1.82, 2.24) is 5.32 Å². The van der Waals surface area contributed by atoms with E-state index >= 15 is 0 Å². The number of nitrogens with one attached hydrogen (secondary N) is 1. The molecule has 0 rings (SSSR count). The maximum absolute atomic E-state index is 5.18. The lowest BCUT2D eigenvalue weighted by Crippen LogP contribution is -2.08. The van der Waals surface area contributed by atoms with Crippen LogP contribution in [0.3, 0.4) is 0 Å². The highest BCUT2D eigenvalue weighted by Crippen LogP contribution is 1.89.